The molecular formula is C12H14ClN3. The Bertz CT molecular complexity index is 422. The number of aromatic nitrogens is 2. The Balaban J connectivity index is 1.92. The Morgan fingerprint density at radius 1 is 1.25 bits per heavy atom. The van der Waals surface area contributed by atoms with Gasteiger partial charge in [0.05, 0.1) is 0 Å². The summed E-state index contributed by atoms with van der Waals surface area (Å²) in [5.41, 5.74) is 7.24. The SMILES string of the molecule is NC(Cc1ccc(Cl)cc1)Cc1ncc[nH]1. The van der Waals surface area contributed by atoms with E-state index in [1.807, 2.05) is 30.5 Å². The molecule has 3 N–H and O–H groups in total. The third-order valence-electron chi connectivity index (χ3n) is 2.42. The second-order valence-corrected chi connectivity index (χ2v) is 4.27. The van der Waals surface area contributed by atoms with Crippen LogP contribution in [0, 0.1) is 0 Å². The van der Waals surface area contributed by atoms with Crippen molar-refractivity contribution in [1.29, 1.82) is 0 Å². The largest absolute Gasteiger partial charge is 0.349 e. The molecule has 2 aromatic rings. The van der Waals surface area contributed by atoms with Crippen LogP contribution in [-0.2, 0) is 12.8 Å². The van der Waals surface area contributed by atoms with Gasteiger partial charge in [0.2, 0.25) is 0 Å². The molecule has 4 heteroatoms. The van der Waals surface area contributed by atoms with E-state index < -0.39 is 0 Å². The predicted molar refractivity (Wildman–Crippen MR) is 65.4 cm³/mol. The molecule has 0 aliphatic carbocycles. The number of imidazole rings is 1. The fraction of sp³-hybridized carbons (Fsp3) is 0.250. The molecule has 3 nitrogen and oxygen atoms in total. The maximum Gasteiger partial charge on any atom is 0.107 e. The van der Waals surface area contributed by atoms with E-state index in [9.17, 15) is 0 Å². The third kappa shape index (κ3) is 3.08. The topological polar surface area (TPSA) is 54.7 Å². The van der Waals surface area contributed by atoms with E-state index in [4.69, 9.17) is 17.3 Å². The van der Waals surface area contributed by atoms with Gasteiger partial charge in [0.15, 0.2) is 0 Å². The average molecular weight is 236 g/mol. The summed E-state index contributed by atoms with van der Waals surface area (Å²) in [5.74, 6) is 0.932. The van der Waals surface area contributed by atoms with Crippen molar-refractivity contribution in [3.63, 3.8) is 0 Å². The van der Waals surface area contributed by atoms with Crippen molar-refractivity contribution < 1.29 is 0 Å². The van der Waals surface area contributed by atoms with E-state index in [0.29, 0.717) is 0 Å². The average Bonchev–Trinajstić information content (AvgIpc) is 2.74. The van der Waals surface area contributed by atoms with Crippen molar-refractivity contribution in [3.8, 4) is 0 Å². The monoisotopic (exact) mass is 235 g/mol. The van der Waals surface area contributed by atoms with Crippen LogP contribution in [0.2, 0.25) is 5.02 Å². The van der Waals surface area contributed by atoms with Gasteiger partial charge >= 0.3 is 0 Å². The van der Waals surface area contributed by atoms with Gasteiger partial charge in [0.25, 0.3) is 0 Å². The number of H-pyrrole nitrogens is 1. The van der Waals surface area contributed by atoms with Gasteiger partial charge in [0, 0.05) is 29.9 Å². The maximum absolute atomic E-state index is 6.04. The number of halogens is 1. The van der Waals surface area contributed by atoms with Gasteiger partial charge in [-0.15, -0.1) is 0 Å². The van der Waals surface area contributed by atoms with Crippen molar-refractivity contribution in [1.82, 2.24) is 9.97 Å². The van der Waals surface area contributed by atoms with Gasteiger partial charge in [0.1, 0.15) is 5.82 Å². The number of nitrogens with two attached hydrogens (primary N) is 1. The molecule has 2 rings (SSSR count). The zero-order chi connectivity index (χ0) is 11.4. The summed E-state index contributed by atoms with van der Waals surface area (Å²) in [5, 5.41) is 0.753. The fourth-order valence-corrected chi connectivity index (χ4v) is 1.78. The molecule has 0 amide bonds. The van der Waals surface area contributed by atoms with Crippen molar-refractivity contribution >= 4 is 11.6 Å². The highest BCUT2D eigenvalue weighted by molar-refractivity contribution is 6.30. The molecule has 0 saturated carbocycles. The summed E-state index contributed by atoms with van der Waals surface area (Å²) in [4.78, 5) is 7.21. The Morgan fingerprint density at radius 3 is 2.62 bits per heavy atom. The Labute approximate surface area is 99.7 Å². The first-order chi connectivity index (χ1) is 7.74. The van der Waals surface area contributed by atoms with Gasteiger partial charge in [-0.25, -0.2) is 4.98 Å². The summed E-state index contributed by atoms with van der Waals surface area (Å²) >= 11 is 5.82. The molecule has 0 aliphatic rings. The summed E-state index contributed by atoms with van der Waals surface area (Å²) in [6.45, 7) is 0. The maximum atomic E-state index is 6.04. The van der Waals surface area contributed by atoms with Gasteiger partial charge in [-0.3, -0.25) is 0 Å². The molecule has 1 heterocycles. The zero-order valence-electron chi connectivity index (χ0n) is 8.86. The molecule has 84 valence electrons. The summed E-state index contributed by atoms with van der Waals surface area (Å²) in [6, 6.07) is 7.86. The molecule has 1 aromatic carbocycles. The van der Waals surface area contributed by atoms with Crippen LogP contribution >= 0.6 is 11.6 Å². The standard InChI is InChI=1S/C12H14ClN3/c13-10-3-1-9(2-4-10)7-11(14)8-12-15-5-6-16-12/h1-6,11H,7-8,14H2,(H,15,16). The molecule has 1 atom stereocenters. The summed E-state index contributed by atoms with van der Waals surface area (Å²) < 4.78 is 0. The van der Waals surface area contributed by atoms with Crippen molar-refractivity contribution in [2.24, 2.45) is 5.73 Å². The van der Waals surface area contributed by atoms with E-state index >= 15 is 0 Å². The van der Waals surface area contributed by atoms with E-state index in [1.54, 1.807) is 6.20 Å². The highest BCUT2D eigenvalue weighted by atomic mass is 35.5. The summed E-state index contributed by atoms with van der Waals surface area (Å²) in [6.07, 6.45) is 5.14. The molecular weight excluding hydrogens is 222 g/mol. The van der Waals surface area contributed by atoms with Crippen LogP contribution in [0.15, 0.2) is 36.7 Å². The first kappa shape index (κ1) is 11.2. The number of nitrogens with zero attached hydrogens (tertiary/aromatic N) is 1. The minimum Gasteiger partial charge on any atom is -0.349 e. The lowest BCUT2D eigenvalue weighted by atomic mass is 10.0. The van der Waals surface area contributed by atoms with Crippen molar-refractivity contribution in [2.45, 2.75) is 18.9 Å². The van der Waals surface area contributed by atoms with Crippen LogP contribution in [0.1, 0.15) is 11.4 Å². The second-order valence-electron chi connectivity index (χ2n) is 3.83. The Hall–Kier alpha value is -1.32. The molecule has 0 spiro atoms. The molecule has 0 fully saturated rings. The minimum absolute atomic E-state index is 0.0762. The van der Waals surface area contributed by atoms with E-state index in [2.05, 4.69) is 9.97 Å². The summed E-state index contributed by atoms with van der Waals surface area (Å²) in [7, 11) is 0. The quantitative estimate of drug-likeness (QED) is 0.854. The fourth-order valence-electron chi connectivity index (χ4n) is 1.65. The van der Waals surface area contributed by atoms with E-state index in [-0.39, 0.29) is 6.04 Å². The number of nitrogens with one attached hydrogen (secondary N) is 1. The molecule has 1 unspecified atom stereocenters. The lowest BCUT2D eigenvalue weighted by molar-refractivity contribution is 0.645. The number of hydrogen-bond acceptors (Lipinski definition) is 2. The number of aromatic amines is 1. The van der Waals surface area contributed by atoms with E-state index in [0.717, 1.165) is 23.7 Å². The molecule has 16 heavy (non-hydrogen) atoms. The second kappa shape index (κ2) is 5.14. The smallest absolute Gasteiger partial charge is 0.107 e. The van der Waals surface area contributed by atoms with Crippen molar-refractivity contribution in [3.05, 3.63) is 53.1 Å². The van der Waals surface area contributed by atoms with Gasteiger partial charge < -0.3 is 10.7 Å². The van der Waals surface area contributed by atoms with Crippen LogP contribution in [-0.4, -0.2) is 16.0 Å². The Kier molecular flexibility index (Phi) is 3.59. The molecule has 0 radical (unpaired) electrons. The lowest BCUT2D eigenvalue weighted by Gasteiger charge is -2.09. The first-order valence-electron chi connectivity index (χ1n) is 5.22. The normalized spacial score (nSPS) is 12.6. The first-order valence-corrected chi connectivity index (χ1v) is 5.60. The van der Waals surface area contributed by atoms with Gasteiger partial charge in [-0.1, -0.05) is 23.7 Å². The van der Waals surface area contributed by atoms with Crippen LogP contribution in [0.25, 0.3) is 0 Å². The lowest BCUT2D eigenvalue weighted by Crippen LogP contribution is -2.26. The van der Waals surface area contributed by atoms with Crippen LogP contribution in [0.5, 0.6) is 0 Å². The minimum atomic E-state index is 0.0762. The van der Waals surface area contributed by atoms with Crippen LogP contribution in [0.4, 0.5) is 0 Å². The zero-order valence-corrected chi connectivity index (χ0v) is 9.61. The molecule has 0 bridgehead atoms. The number of hydrogen-bond donors (Lipinski definition) is 2. The number of benzene rings is 1. The highest BCUT2D eigenvalue weighted by Crippen LogP contribution is 2.11. The van der Waals surface area contributed by atoms with Gasteiger partial charge in [-0.05, 0) is 24.1 Å². The molecule has 1 aromatic heterocycles. The van der Waals surface area contributed by atoms with E-state index in [1.165, 1.54) is 5.56 Å². The Morgan fingerprint density at radius 2 is 2.00 bits per heavy atom. The van der Waals surface area contributed by atoms with Crippen molar-refractivity contribution in [2.75, 3.05) is 0 Å². The molecule has 0 saturated heterocycles. The molecule has 0 aliphatic heterocycles. The highest BCUT2D eigenvalue weighted by Gasteiger charge is 2.06. The van der Waals surface area contributed by atoms with Crippen LogP contribution in [0.3, 0.4) is 0 Å². The predicted octanol–water partition coefficient (Wildman–Crippen LogP) is 2.18. The third-order valence-corrected chi connectivity index (χ3v) is 2.67. The number of rotatable bonds is 4. The van der Waals surface area contributed by atoms with Crippen LogP contribution < -0.4 is 5.73 Å². The van der Waals surface area contributed by atoms with Gasteiger partial charge in [-0.2, -0.15) is 0 Å².